The van der Waals surface area contributed by atoms with Crippen LogP contribution in [0.25, 0.3) is 0 Å². The highest BCUT2D eigenvalue weighted by atomic mass is 16.5. The molecule has 1 N–H and O–H groups in total. The maximum atomic E-state index is 11.3. The van der Waals surface area contributed by atoms with E-state index < -0.39 is 5.97 Å². The fourth-order valence-electron chi connectivity index (χ4n) is 2.33. The molecule has 5 nitrogen and oxygen atoms in total. The van der Waals surface area contributed by atoms with Gasteiger partial charge in [0.15, 0.2) is 0 Å². The van der Waals surface area contributed by atoms with Crippen LogP contribution in [-0.4, -0.2) is 30.9 Å². The fourth-order valence-corrected chi connectivity index (χ4v) is 2.33. The molecule has 0 fully saturated rings. The number of rotatable bonds is 8. The SMILES string of the molecule is COC[C@H](C)Oc1cc(OC(C)c2ccccc2)cc(C(=O)O)c1. The molecule has 0 radical (unpaired) electrons. The van der Waals surface area contributed by atoms with Gasteiger partial charge in [-0.05, 0) is 31.5 Å². The van der Waals surface area contributed by atoms with Gasteiger partial charge in [0.05, 0.1) is 12.2 Å². The average molecular weight is 330 g/mol. The zero-order valence-electron chi connectivity index (χ0n) is 14.1. The Balaban J connectivity index is 2.21. The summed E-state index contributed by atoms with van der Waals surface area (Å²) in [4.78, 5) is 11.3. The van der Waals surface area contributed by atoms with Crippen molar-refractivity contribution in [1.29, 1.82) is 0 Å². The van der Waals surface area contributed by atoms with Crippen molar-refractivity contribution in [2.75, 3.05) is 13.7 Å². The monoisotopic (exact) mass is 330 g/mol. The first-order valence-electron chi connectivity index (χ1n) is 7.75. The smallest absolute Gasteiger partial charge is 0.335 e. The number of carboxylic acid groups (broad SMARTS) is 1. The number of benzene rings is 2. The molecule has 2 aromatic carbocycles. The highest BCUT2D eigenvalue weighted by Crippen LogP contribution is 2.28. The van der Waals surface area contributed by atoms with E-state index in [1.165, 1.54) is 12.1 Å². The third kappa shape index (κ3) is 4.99. The van der Waals surface area contributed by atoms with Crippen molar-refractivity contribution in [2.24, 2.45) is 0 Å². The van der Waals surface area contributed by atoms with E-state index in [1.807, 2.05) is 44.2 Å². The zero-order valence-corrected chi connectivity index (χ0v) is 14.1. The van der Waals surface area contributed by atoms with Crippen LogP contribution in [0.2, 0.25) is 0 Å². The van der Waals surface area contributed by atoms with E-state index in [9.17, 15) is 9.90 Å². The van der Waals surface area contributed by atoms with Crippen LogP contribution in [0.1, 0.15) is 35.9 Å². The van der Waals surface area contributed by atoms with Gasteiger partial charge in [0.25, 0.3) is 0 Å². The van der Waals surface area contributed by atoms with Crippen LogP contribution in [0, 0.1) is 0 Å². The Kier molecular flexibility index (Phi) is 6.21. The molecule has 2 aromatic rings. The Bertz CT molecular complexity index is 669. The minimum Gasteiger partial charge on any atom is -0.488 e. The third-order valence-electron chi connectivity index (χ3n) is 3.45. The molecule has 128 valence electrons. The first-order valence-corrected chi connectivity index (χ1v) is 7.75. The van der Waals surface area contributed by atoms with E-state index in [1.54, 1.807) is 13.2 Å². The minimum atomic E-state index is -1.03. The van der Waals surface area contributed by atoms with E-state index >= 15 is 0 Å². The average Bonchev–Trinajstić information content (AvgIpc) is 2.55. The number of ether oxygens (including phenoxy) is 3. The molecule has 2 atom stereocenters. The maximum Gasteiger partial charge on any atom is 0.335 e. The van der Waals surface area contributed by atoms with Crippen LogP contribution in [0.15, 0.2) is 48.5 Å². The fraction of sp³-hybridized carbons (Fsp3) is 0.316. The molecule has 0 saturated carbocycles. The number of aromatic carboxylic acids is 1. The molecule has 0 aromatic heterocycles. The molecule has 1 unspecified atom stereocenters. The van der Waals surface area contributed by atoms with Gasteiger partial charge in [-0.3, -0.25) is 0 Å². The molecule has 2 rings (SSSR count). The number of carbonyl (C=O) groups is 1. The molecule has 0 aliphatic rings. The molecular formula is C19H22O5. The zero-order chi connectivity index (χ0) is 17.5. The predicted octanol–water partition coefficient (Wildman–Crippen LogP) is 3.94. The lowest BCUT2D eigenvalue weighted by molar-refractivity contribution is 0.0693. The standard InChI is InChI=1S/C19H22O5/c1-13(12-22-3)23-17-9-16(19(20)21)10-18(11-17)24-14(2)15-7-5-4-6-8-15/h4-11,13-14H,12H2,1-3H3,(H,20,21)/t13-,14?/m0/s1. The largest absolute Gasteiger partial charge is 0.488 e. The summed E-state index contributed by atoms with van der Waals surface area (Å²) in [7, 11) is 1.59. The second kappa shape index (κ2) is 8.36. The Hall–Kier alpha value is -2.53. The minimum absolute atomic E-state index is 0.118. The summed E-state index contributed by atoms with van der Waals surface area (Å²) < 4.78 is 16.6. The normalized spacial score (nSPS) is 13.1. The first kappa shape index (κ1) is 17.8. The van der Waals surface area contributed by atoms with Gasteiger partial charge in [-0.1, -0.05) is 30.3 Å². The highest BCUT2D eigenvalue weighted by molar-refractivity contribution is 5.88. The quantitative estimate of drug-likeness (QED) is 0.794. The van der Waals surface area contributed by atoms with Crippen molar-refractivity contribution < 1.29 is 24.1 Å². The topological polar surface area (TPSA) is 65.0 Å². The number of hydrogen-bond donors (Lipinski definition) is 1. The van der Waals surface area contributed by atoms with E-state index in [2.05, 4.69) is 0 Å². The van der Waals surface area contributed by atoms with Crippen LogP contribution in [0.4, 0.5) is 0 Å². The second-order valence-electron chi connectivity index (χ2n) is 5.55. The van der Waals surface area contributed by atoms with Crippen molar-refractivity contribution in [3.8, 4) is 11.5 Å². The molecule has 0 amide bonds. The molecule has 0 aliphatic heterocycles. The highest BCUT2D eigenvalue weighted by Gasteiger charge is 2.13. The maximum absolute atomic E-state index is 11.3. The third-order valence-corrected chi connectivity index (χ3v) is 3.45. The lowest BCUT2D eigenvalue weighted by atomic mass is 10.1. The Labute approximate surface area is 141 Å². The van der Waals surface area contributed by atoms with Crippen molar-refractivity contribution in [3.05, 3.63) is 59.7 Å². The predicted molar refractivity (Wildman–Crippen MR) is 90.9 cm³/mol. The Morgan fingerprint density at radius 1 is 1.04 bits per heavy atom. The Morgan fingerprint density at radius 2 is 1.67 bits per heavy atom. The van der Waals surface area contributed by atoms with Crippen LogP contribution in [-0.2, 0) is 4.74 Å². The molecule has 5 heteroatoms. The lowest BCUT2D eigenvalue weighted by Crippen LogP contribution is -2.18. The molecule has 0 heterocycles. The van der Waals surface area contributed by atoms with Crippen LogP contribution < -0.4 is 9.47 Å². The van der Waals surface area contributed by atoms with Crippen molar-refractivity contribution >= 4 is 5.97 Å². The van der Waals surface area contributed by atoms with Gasteiger partial charge < -0.3 is 19.3 Å². The van der Waals surface area contributed by atoms with Gasteiger partial charge in [-0.2, -0.15) is 0 Å². The van der Waals surface area contributed by atoms with E-state index in [-0.39, 0.29) is 17.8 Å². The Morgan fingerprint density at radius 3 is 2.25 bits per heavy atom. The second-order valence-corrected chi connectivity index (χ2v) is 5.55. The summed E-state index contributed by atoms with van der Waals surface area (Å²) in [6.07, 6.45) is -0.405. The van der Waals surface area contributed by atoms with E-state index in [0.717, 1.165) is 5.56 Å². The summed E-state index contributed by atoms with van der Waals surface area (Å²) in [5.41, 5.74) is 1.13. The van der Waals surface area contributed by atoms with Crippen LogP contribution in [0.3, 0.4) is 0 Å². The molecule has 24 heavy (non-hydrogen) atoms. The van der Waals surface area contributed by atoms with E-state index in [4.69, 9.17) is 14.2 Å². The summed E-state index contributed by atoms with van der Waals surface area (Å²) >= 11 is 0. The van der Waals surface area contributed by atoms with E-state index in [0.29, 0.717) is 18.1 Å². The number of methoxy groups -OCH3 is 1. The van der Waals surface area contributed by atoms with Crippen LogP contribution in [0.5, 0.6) is 11.5 Å². The molecule has 0 bridgehead atoms. The summed E-state index contributed by atoms with van der Waals surface area (Å²) in [5, 5.41) is 9.29. The molecule has 0 spiro atoms. The van der Waals surface area contributed by atoms with Crippen molar-refractivity contribution in [1.82, 2.24) is 0 Å². The van der Waals surface area contributed by atoms with Gasteiger partial charge in [-0.15, -0.1) is 0 Å². The summed E-state index contributed by atoms with van der Waals surface area (Å²) in [6.45, 7) is 4.18. The molecule has 0 aliphatic carbocycles. The van der Waals surface area contributed by atoms with Gasteiger partial charge in [0.1, 0.15) is 23.7 Å². The summed E-state index contributed by atoms with van der Waals surface area (Å²) in [6, 6.07) is 14.4. The molecular weight excluding hydrogens is 308 g/mol. The number of hydrogen-bond acceptors (Lipinski definition) is 4. The molecule has 0 saturated heterocycles. The lowest BCUT2D eigenvalue weighted by Gasteiger charge is -2.18. The van der Waals surface area contributed by atoms with Gasteiger partial charge in [0, 0.05) is 13.2 Å². The van der Waals surface area contributed by atoms with Gasteiger partial charge >= 0.3 is 5.97 Å². The van der Waals surface area contributed by atoms with Crippen LogP contribution >= 0.6 is 0 Å². The first-order chi connectivity index (χ1) is 11.5. The van der Waals surface area contributed by atoms with Crippen molar-refractivity contribution in [2.45, 2.75) is 26.1 Å². The van der Waals surface area contributed by atoms with Gasteiger partial charge in [-0.25, -0.2) is 4.79 Å². The van der Waals surface area contributed by atoms with Crippen molar-refractivity contribution in [3.63, 3.8) is 0 Å². The number of carboxylic acids is 1. The summed E-state index contributed by atoms with van der Waals surface area (Å²) in [5.74, 6) is -0.141. The van der Waals surface area contributed by atoms with Gasteiger partial charge in [0.2, 0.25) is 0 Å².